The van der Waals surface area contributed by atoms with Crippen LogP contribution in [-0.2, 0) is 6.54 Å². The zero-order chi connectivity index (χ0) is 11.4. The lowest BCUT2D eigenvalue weighted by molar-refractivity contribution is 0.710. The molecule has 0 aliphatic rings. The summed E-state index contributed by atoms with van der Waals surface area (Å²) in [5, 5.41) is 2.84. The lowest BCUT2D eigenvalue weighted by Gasteiger charge is -2.05. The fourth-order valence-electron chi connectivity index (χ4n) is 1.25. The molecule has 0 bridgehead atoms. The molecule has 0 atom stereocenters. The Morgan fingerprint density at radius 1 is 1.38 bits per heavy atom. The third-order valence-corrected chi connectivity index (χ3v) is 2.37. The van der Waals surface area contributed by atoms with Gasteiger partial charge < -0.3 is 9.88 Å². The number of rotatable bonds is 3. The van der Waals surface area contributed by atoms with Crippen LogP contribution in [0.25, 0.3) is 0 Å². The van der Waals surface area contributed by atoms with Gasteiger partial charge >= 0.3 is 0 Å². The van der Waals surface area contributed by atoms with E-state index in [0.29, 0.717) is 17.3 Å². The standard InChI is InChI=1S/C10H11N5S/c1-11-9-13-7-15(10(16)14-9)6-8-4-2-3-5-12-8/h2-5,7H,6H2,1H3,(H,11,14,16). The molecule has 0 aromatic carbocycles. The van der Waals surface area contributed by atoms with Gasteiger partial charge in [0.15, 0.2) is 0 Å². The maximum Gasteiger partial charge on any atom is 0.226 e. The van der Waals surface area contributed by atoms with Gasteiger partial charge in [-0.05, 0) is 24.4 Å². The minimum atomic E-state index is 0.491. The van der Waals surface area contributed by atoms with Crippen molar-refractivity contribution in [3.8, 4) is 0 Å². The summed E-state index contributed by atoms with van der Waals surface area (Å²) in [6.45, 7) is 0.587. The van der Waals surface area contributed by atoms with Crippen LogP contribution in [0.15, 0.2) is 30.7 Å². The van der Waals surface area contributed by atoms with Crippen molar-refractivity contribution in [2.24, 2.45) is 0 Å². The van der Waals surface area contributed by atoms with E-state index < -0.39 is 0 Å². The summed E-state index contributed by atoms with van der Waals surface area (Å²) in [4.78, 5) is 12.4. The number of pyridine rings is 1. The van der Waals surface area contributed by atoms with E-state index in [4.69, 9.17) is 12.2 Å². The first-order valence-corrected chi connectivity index (χ1v) is 5.21. The van der Waals surface area contributed by atoms with Crippen LogP contribution < -0.4 is 5.32 Å². The summed E-state index contributed by atoms with van der Waals surface area (Å²) in [6, 6.07) is 5.76. The van der Waals surface area contributed by atoms with Crippen molar-refractivity contribution in [1.82, 2.24) is 19.5 Å². The average molecular weight is 233 g/mol. The van der Waals surface area contributed by atoms with E-state index in [9.17, 15) is 0 Å². The highest BCUT2D eigenvalue weighted by Gasteiger charge is 1.99. The van der Waals surface area contributed by atoms with E-state index in [1.807, 2.05) is 18.2 Å². The van der Waals surface area contributed by atoms with Gasteiger partial charge in [0.05, 0.1) is 12.2 Å². The van der Waals surface area contributed by atoms with E-state index in [2.05, 4.69) is 20.3 Å². The largest absolute Gasteiger partial charge is 0.357 e. The topological polar surface area (TPSA) is 55.6 Å². The molecule has 0 amide bonds. The summed E-state index contributed by atoms with van der Waals surface area (Å²) in [7, 11) is 1.76. The molecule has 1 N–H and O–H groups in total. The van der Waals surface area contributed by atoms with Gasteiger partial charge in [0.1, 0.15) is 6.33 Å². The van der Waals surface area contributed by atoms with E-state index in [1.54, 1.807) is 24.1 Å². The molecule has 6 heteroatoms. The average Bonchev–Trinajstić information content (AvgIpc) is 2.33. The Morgan fingerprint density at radius 3 is 2.88 bits per heavy atom. The summed E-state index contributed by atoms with van der Waals surface area (Å²) in [5.74, 6) is 0.530. The van der Waals surface area contributed by atoms with Crippen LogP contribution in [0.1, 0.15) is 5.69 Å². The smallest absolute Gasteiger partial charge is 0.226 e. The summed E-state index contributed by atoms with van der Waals surface area (Å²) in [5.41, 5.74) is 0.930. The van der Waals surface area contributed by atoms with Crippen molar-refractivity contribution in [3.63, 3.8) is 0 Å². The molecule has 16 heavy (non-hydrogen) atoms. The number of nitrogens with one attached hydrogen (secondary N) is 1. The van der Waals surface area contributed by atoms with Crippen LogP contribution >= 0.6 is 12.2 Å². The molecule has 82 valence electrons. The number of nitrogens with zero attached hydrogens (tertiary/aromatic N) is 4. The Balaban J connectivity index is 2.26. The van der Waals surface area contributed by atoms with Crippen molar-refractivity contribution in [2.75, 3.05) is 12.4 Å². The predicted octanol–water partition coefficient (Wildman–Crippen LogP) is 1.49. The Labute approximate surface area is 98.2 Å². The summed E-state index contributed by atoms with van der Waals surface area (Å²) >= 11 is 5.15. The van der Waals surface area contributed by atoms with Crippen LogP contribution in [0.4, 0.5) is 5.95 Å². The molecule has 0 aliphatic heterocycles. The van der Waals surface area contributed by atoms with Crippen molar-refractivity contribution in [1.29, 1.82) is 0 Å². The fourth-order valence-corrected chi connectivity index (χ4v) is 1.45. The second-order valence-corrected chi connectivity index (χ2v) is 3.53. The molecule has 2 rings (SSSR count). The normalized spacial score (nSPS) is 10.1. The number of aromatic nitrogens is 4. The highest BCUT2D eigenvalue weighted by Crippen LogP contribution is 2.00. The van der Waals surface area contributed by atoms with E-state index in [1.165, 1.54) is 0 Å². The molecule has 0 aliphatic carbocycles. The Bertz CT molecular complexity index is 522. The fraction of sp³-hybridized carbons (Fsp3) is 0.200. The van der Waals surface area contributed by atoms with Gasteiger partial charge in [-0.1, -0.05) is 6.07 Å². The zero-order valence-electron chi connectivity index (χ0n) is 8.79. The molecule has 2 heterocycles. The highest BCUT2D eigenvalue weighted by molar-refractivity contribution is 7.71. The number of hydrogen-bond donors (Lipinski definition) is 1. The summed E-state index contributed by atoms with van der Waals surface area (Å²) < 4.78 is 2.27. The van der Waals surface area contributed by atoms with Crippen LogP contribution in [-0.4, -0.2) is 26.6 Å². The second-order valence-electron chi connectivity index (χ2n) is 3.16. The van der Waals surface area contributed by atoms with Gasteiger partial charge in [0, 0.05) is 13.2 Å². The Kier molecular flexibility index (Phi) is 3.21. The van der Waals surface area contributed by atoms with Gasteiger partial charge in [-0.25, -0.2) is 4.98 Å². The van der Waals surface area contributed by atoms with Crippen LogP contribution in [0.2, 0.25) is 0 Å². The molecule has 0 radical (unpaired) electrons. The maximum atomic E-state index is 5.15. The van der Waals surface area contributed by atoms with Crippen LogP contribution in [0.3, 0.4) is 0 Å². The molecular formula is C10H11N5S. The minimum Gasteiger partial charge on any atom is -0.357 e. The third kappa shape index (κ3) is 2.40. The van der Waals surface area contributed by atoms with Gasteiger partial charge in [0.2, 0.25) is 10.7 Å². The van der Waals surface area contributed by atoms with Gasteiger partial charge in [-0.3, -0.25) is 4.98 Å². The molecule has 0 spiro atoms. The van der Waals surface area contributed by atoms with Crippen LogP contribution in [0.5, 0.6) is 0 Å². The molecule has 0 saturated heterocycles. The lowest BCUT2D eigenvalue weighted by Crippen LogP contribution is -2.08. The third-order valence-electron chi connectivity index (χ3n) is 2.05. The first-order valence-electron chi connectivity index (χ1n) is 4.81. The predicted molar refractivity (Wildman–Crippen MR) is 63.7 cm³/mol. The first kappa shape index (κ1) is 10.7. The Hall–Kier alpha value is -1.82. The zero-order valence-corrected chi connectivity index (χ0v) is 9.61. The van der Waals surface area contributed by atoms with Gasteiger partial charge in [-0.15, -0.1) is 0 Å². The number of hydrogen-bond acceptors (Lipinski definition) is 5. The molecule has 0 unspecified atom stereocenters. The molecule has 5 nitrogen and oxygen atoms in total. The van der Waals surface area contributed by atoms with Crippen molar-refractivity contribution in [3.05, 3.63) is 41.2 Å². The molecule has 2 aromatic heterocycles. The van der Waals surface area contributed by atoms with E-state index >= 15 is 0 Å². The SMILES string of the molecule is CNc1ncn(Cc2ccccn2)c(=S)n1. The van der Waals surface area contributed by atoms with Gasteiger partial charge in [0.25, 0.3) is 0 Å². The van der Waals surface area contributed by atoms with Crippen molar-refractivity contribution in [2.45, 2.75) is 6.54 Å². The lowest BCUT2D eigenvalue weighted by atomic mass is 10.3. The van der Waals surface area contributed by atoms with Crippen LogP contribution in [0, 0.1) is 4.77 Å². The maximum absolute atomic E-state index is 5.15. The summed E-state index contributed by atoms with van der Waals surface area (Å²) in [6.07, 6.45) is 3.41. The second kappa shape index (κ2) is 4.80. The molecule has 0 fully saturated rings. The molecule has 2 aromatic rings. The minimum absolute atomic E-state index is 0.491. The monoisotopic (exact) mass is 233 g/mol. The molecular weight excluding hydrogens is 222 g/mol. The van der Waals surface area contributed by atoms with E-state index in [-0.39, 0.29) is 0 Å². The van der Waals surface area contributed by atoms with Gasteiger partial charge in [-0.2, -0.15) is 4.98 Å². The number of anilines is 1. The van der Waals surface area contributed by atoms with Crippen molar-refractivity contribution < 1.29 is 0 Å². The van der Waals surface area contributed by atoms with Crippen molar-refractivity contribution >= 4 is 18.2 Å². The quantitative estimate of drug-likeness (QED) is 0.814. The van der Waals surface area contributed by atoms with E-state index in [0.717, 1.165) is 5.69 Å². The molecule has 0 saturated carbocycles. The Morgan fingerprint density at radius 2 is 2.25 bits per heavy atom. The highest BCUT2D eigenvalue weighted by atomic mass is 32.1. The first-order chi connectivity index (χ1) is 7.79.